The third-order valence-electron chi connectivity index (χ3n) is 2.39. The summed E-state index contributed by atoms with van der Waals surface area (Å²) in [7, 11) is 0. The predicted octanol–water partition coefficient (Wildman–Crippen LogP) is 2.68. The molecule has 0 aromatic heterocycles. The van der Waals surface area contributed by atoms with E-state index in [9.17, 15) is 4.39 Å². The summed E-state index contributed by atoms with van der Waals surface area (Å²) in [6.07, 6.45) is -0.821. The lowest BCUT2D eigenvalue weighted by molar-refractivity contribution is 0.171. The summed E-state index contributed by atoms with van der Waals surface area (Å²) in [6.45, 7) is 1.60. The van der Waals surface area contributed by atoms with Crippen molar-refractivity contribution in [3.05, 3.63) is 34.3 Å². The van der Waals surface area contributed by atoms with Crippen molar-refractivity contribution < 1.29 is 4.39 Å². The molecule has 1 unspecified atom stereocenters. The third kappa shape index (κ3) is 1.92. The van der Waals surface area contributed by atoms with Crippen LogP contribution < -0.4 is 5.32 Å². The van der Waals surface area contributed by atoms with E-state index >= 15 is 0 Å². The summed E-state index contributed by atoms with van der Waals surface area (Å²) in [6, 6.07) is 7.48. The number of nitrogens with one attached hydrogen (secondary N) is 1. The van der Waals surface area contributed by atoms with E-state index in [-0.39, 0.29) is 5.92 Å². The molecule has 1 heterocycles. The first-order chi connectivity index (χ1) is 6.27. The van der Waals surface area contributed by atoms with Crippen LogP contribution >= 0.6 is 15.9 Å². The molecule has 0 radical (unpaired) electrons. The van der Waals surface area contributed by atoms with Gasteiger partial charge in [-0.05, 0) is 17.7 Å². The Kier molecular flexibility index (Phi) is 2.65. The van der Waals surface area contributed by atoms with Gasteiger partial charge >= 0.3 is 0 Å². The normalized spacial score (nSPS) is 19.5. The van der Waals surface area contributed by atoms with Gasteiger partial charge in [-0.25, -0.2) is 4.39 Å². The van der Waals surface area contributed by atoms with Crippen molar-refractivity contribution in [1.29, 1.82) is 0 Å². The van der Waals surface area contributed by atoms with Crippen molar-refractivity contribution >= 4 is 15.9 Å². The van der Waals surface area contributed by atoms with Crippen LogP contribution in [0.4, 0.5) is 4.39 Å². The molecular formula is C10H11BrFN. The van der Waals surface area contributed by atoms with Crippen LogP contribution in [0.15, 0.2) is 28.7 Å². The van der Waals surface area contributed by atoms with Gasteiger partial charge in [0.05, 0.1) is 0 Å². The van der Waals surface area contributed by atoms with E-state index in [4.69, 9.17) is 0 Å². The van der Waals surface area contributed by atoms with E-state index in [2.05, 4.69) is 21.2 Å². The molecule has 1 saturated heterocycles. The SMILES string of the molecule is FC(c1cccc(Br)c1)C1CNC1. The molecule has 0 saturated carbocycles. The maximum Gasteiger partial charge on any atom is 0.130 e. The highest BCUT2D eigenvalue weighted by molar-refractivity contribution is 9.10. The van der Waals surface area contributed by atoms with Gasteiger partial charge < -0.3 is 5.32 Å². The fraction of sp³-hybridized carbons (Fsp3) is 0.400. The molecule has 13 heavy (non-hydrogen) atoms. The van der Waals surface area contributed by atoms with Crippen molar-refractivity contribution in [3.63, 3.8) is 0 Å². The Hall–Kier alpha value is -0.410. The van der Waals surface area contributed by atoms with Gasteiger partial charge in [0, 0.05) is 23.5 Å². The highest BCUT2D eigenvalue weighted by Gasteiger charge is 2.27. The minimum atomic E-state index is -0.821. The standard InChI is InChI=1S/C10H11BrFN/c11-9-3-1-2-7(4-9)10(12)8-5-13-6-8/h1-4,8,10,13H,5-6H2. The second-order valence-corrected chi connectivity index (χ2v) is 4.29. The average Bonchev–Trinajstić information content (AvgIpc) is 2.01. The number of hydrogen-bond acceptors (Lipinski definition) is 1. The largest absolute Gasteiger partial charge is 0.316 e. The van der Waals surface area contributed by atoms with E-state index in [0.29, 0.717) is 0 Å². The number of alkyl halides is 1. The van der Waals surface area contributed by atoms with Gasteiger partial charge in [-0.1, -0.05) is 28.1 Å². The monoisotopic (exact) mass is 243 g/mol. The van der Waals surface area contributed by atoms with Gasteiger partial charge in [-0.2, -0.15) is 0 Å². The van der Waals surface area contributed by atoms with Gasteiger partial charge in [0.15, 0.2) is 0 Å². The van der Waals surface area contributed by atoms with Gasteiger partial charge in [0.25, 0.3) is 0 Å². The number of benzene rings is 1. The van der Waals surface area contributed by atoms with Crippen molar-refractivity contribution in [2.45, 2.75) is 6.17 Å². The summed E-state index contributed by atoms with van der Waals surface area (Å²) < 4.78 is 14.6. The smallest absolute Gasteiger partial charge is 0.130 e. The Balaban J connectivity index is 2.14. The lowest BCUT2D eigenvalue weighted by atomic mass is 9.92. The zero-order valence-corrected chi connectivity index (χ0v) is 8.72. The summed E-state index contributed by atoms with van der Waals surface area (Å²) in [4.78, 5) is 0. The zero-order chi connectivity index (χ0) is 9.26. The summed E-state index contributed by atoms with van der Waals surface area (Å²) >= 11 is 3.34. The van der Waals surface area contributed by atoms with Gasteiger partial charge in [0.1, 0.15) is 6.17 Å². The van der Waals surface area contributed by atoms with Crippen molar-refractivity contribution in [3.8, 4) is 0 Å². The van der Waals surface area contributed by atoms with Crippen LogP contribution in [0.5, 0.6) is 0 Å². The predicted molar refractivity (Wildman–Crippen MR) is 54.4 cm³/mol. The summed E-state index contributed by atoms with van der Waals surface area (Å²) in [5.74, 6) is 0.161. The number of rotatable bonds is 2. The van der Waals surface area contributed by atoms with Crippen LogP contribution in [0, 0.1) is 5.92 Å². The Morgan fingerprint density at radius 1 is 1.46 bits per heavy atom. The quantitative estimate of drug-likeness (QED) is 0.843. The molecule has 1 aliphatic rings. The highest BCUT2D eigenvalue weighted by Crippen LogP contribution is 2.30. The minimum Gasteiger partial charge on any atom is -0.316 e. The molecule has 3 heteroatoms. The van der Waals surface area contributed by atoms with Crippen LogP contribution in [0.25, 0.3) is 0 Å². The maximum absolute atomic E-state index is 13.7. The first-order valence-electron chi connectivity index (χ1n) is 4.37. The van der Waals surface area contributed by atoms with E-state index < -0.39 is 6.17 Å². The van der Waals surface area contributed by atoms with Crippen LogP contribution in [0.3, 0.4) is 0 Å². The molecule has 1 atom stereocenters. The number of hydrogen-bond donors (Lipinski definition) is 1. The second-order valence-electron chi connectivity index (χ2n) is 3.38. The van der Waals surface area contributed by atoms with E-state index in [1.54, 1.807) is 0 Å². The highest BCUT2D eigenvalue weighted by atomic mass is 79.9. The third-order valence-corrected chi connectivity index (χ3v) is 2.89. The van der Waals surface area contributed by atoms with Gasteiger partial charge in [0.2, 0.25) is 0 Å². The number of halogens is 2. The summed E-state index contributed by atoms with van der Waals surface area (Å²) in [5, 5.41) is 3.07. The van der Waals surface area contributed by atoms with Crippen LogP contribution in [0.1, 0.15) is 11.7 Å². The van der Waals surface area contributed by atoms with Crippen molar-refractivity contribution in [2.75, 3.05) is 13.1 Å². The minimum absolute atomic E-state index is 0.161. The molecule has 1 aliphatic heterocycles. The molecule has 1 fully saturated rings. The first kappa shape index (κ1) is 9.16. The van der Waals surface area contributed by atoms with Gasteiger partial charge in [-0.15, -0.1) is 0 Å². The molecule has 70 valence electrons. The molecular weight excluding hydrogens is 233 g/mol. The molecule has 1 N–H and O–H groups in total. The topological polar surface area (TPSA) is 12.0 Å². The Bertz CT molecular complexity index is 299. The van der Waals surface area contributed by atoms with E-state index in [1.165, 1.54) is 0 Å². The molecule has 1 nitrogen and oxygen atoms in total. The van der Waals surface area contributed by atoms with Crippen molar-refractivity contribution in [2.24, 2.45) is 5.92 Å². The average molecular weight is 244 g/mol. The Morgan fingerprint density at radius 2 is 2.23 bits per heavy atom. The lowest BCUT2D eigenvalue weighted by Gasteiger charge is -2.30. The Morgan fingerprint density at radius 3 is 2.77 bits per heavy atom. The second kappa shape index (κ2) is 3.76. The fourth-order valence-corrected chi connectivity index (χ4v) is 1.89. The molecule has 1 aromatic rings. The van der Waals surface area contributed by atoms with E-state index in [0.717, 1.165) is 23.1 Å². The molecule has 0 aliphatic carbocycles. The molecule has 1 aromatic carbocycles. The van der Waals surface area contributed by atoms with Crippen molar-refractivity contribution in [1.82, 2.24) is 5.32 Å². The summed E-state index contributed by atoms with van der Waals surface area (Å²) in [5.41, 5.74) is 0.779. The maximum atomic E-state index is 13.7. The molecule has 0 bridgehead atoms. The lowest BCUT2D eigenvalue weighted by Crippen LogP contribution is -2.44. The molecule has 0 amide bonds. The van der Waals surface area contributed by atoms with Crippen LogP contribution in [-0.2, 0) is 0 Å². The van der Waals surface area contributed by atoms with Crippen LogP contribution in [0.2, 0.25) is 0 Å². The fourth-order valence-electron chi connectivity index (χ4n) is 1.47. The van der Waals surface area contributed by atoms with Gasteiger partial charge in [-0.3, -0.25) is 0 Å². The van der Waals surface area contributed by atoms with Crippen LogP contribution in [-0.4, -0.2) is 13.1 Å². The first-order valence-corrected chi connectivity index (χ1v) is 5.17. The Labute approximate surface area is 85.5 Å². The zero-order valence-electron chi connectivity index (χ0n) is 7.13. The van der Waals surface area contributed by atoms with E-state index in [1.807, 2.05) is 24.3 Å². The molecule has 2 rings (SSSR count). The molecule has 0 spiro atoms.